The fourth-order valence-electron chi connectivity index (χ4n) is 1.14. The van der Waals surface area contributed by atoms with Gasteiger partial charge in [-0.1, -0.05) is 11.8 Å². The fraction of sp³-hybridized carbons (Fsp3) is 0. The number of H-pyrrole nitrogens is 1. The predicted octanol–water partition coefficient (Wildman–Crippen LogP) is 1.67. The second kappa shape index (κ2) is 4.03. The van der Waals surface area contributed by atoms with Crippen LogP contribution in [0.4, 0.5) is 14.5 Å². The molecule has 0 aliphatic heterocycles. The highest BCUT2D eigenvalue weighted by atomic mass is 19.1. The van der Waals surface area contributed by atoms with Crippen molar-refractivity contribution in [3.05, 3.63) is 47.3 Å². The number of halogens is 2. The summed E-state index contributed by atoms with van der Waals surface area (Å²) < 4.78 is 26.6. The van der Waals surface area contributed by atoms with Crippen LogP contribution in [0.5, 0.6) is 0 Å². The van der Waals surface area contributed by atoms with Gasteiger partial charge < -0.3 is 5.73 Å². The molecule has 0 amide bonds. The van der Waals surface area contributed by atoms with Crippen LogP contribution in [0.2, 0.25) is 0 Å². The van der Waals surface area contributed by atoms with Gasteiger partial charge in [0.2, 0.25) is 0 Å². The first-order chi connectivity index (χ1) is 7.68. The molecule has 16 heavy (non-hydrogen) atoms. The van der Waals surface area contributed by atoms with Crippen molar-refractivity contribution in [3.8, 4) is 11.8 Å². The largest absolute Gasteiger partial charge is 0.396 e. The zero-order chi connectivity index (χ0) is 11.5. The highest BCUT2D eigenvalue weighted by Gasteiger charge is 2.09. The lowest BCUT2D eigenvalue weighted by molar-refractivity contribution is 0.580. The second-order valence-electron chi connectivity index (χ2n) is 3.06. The number of aromatic nitrogens is 2. The molecule has 0 unspecified atom stereocenters. The molecule has 0 fully saturated rings. The Kier molecular flexibility index (Phi) is 2.56. The first kappa shape index (κ1) is 10.2. The Balaban J connectivity index is 2.45. The van der Waals surface area contributed by atoms with E-state index in [4.69, 9.17) is 5.73 Å². The Labute approximate surface area is 90.3 Å². The molecule has 1 aromatic heterocycles. The Hall–Kier alpha value is -2.35. The van der Waals surface area contributed by atoms with E-state index in [-0.39, 0.29) is 11.3 Å². The van der Waals surface area contributed by atoms with Gasteiger partial charge in [0.15, 0.2) is 5.82 Å². The number of hydrogen-bond donors (Lipinski definition) is 2. The van der Waals surface area contributed by atoms with Gasteiger partial charge in [0.05, 0.1) is 23.0 Å². The quantitative estimate of drug-likeness (QED) is 0.523. The maximum atomic E-state index is 13.4. The van der Waals surface area contributed by atoms with Gasteiger partial charge in [-0.3, -0.25) is 5.10 Å². The highest BCUT2D eigenvalue weighted by molar-refractivity contribution is 5.51. The minimum atomic E-state index is -0.837. The third-order valence-corrected chi connectivity index (χ3v) is 1.95. The molecular weight excluding hydrogens is 212 g/mol. The molecule has 0 atom stereocenters. The normalized spacial score (nSPS) is 9.62. The molecule has 0 aliphatic rings. The number of rotatable bonds is 0. The number of nitrogens with two attached hydrogens (primary N) is 1. The number of nitrogen functional groups attached to an aromatic ring is 1. The van der Waals surface area contributed by atoms with Crippen LogP contribution in [0.1, 0.15) is 11.1 Å². The van der Waals surface area contributed by atoms with Crippen LogP contribution in [0, 0.1) is 23.5 Å². The summed E-state index contributed by atoms with van der Waals surface area (Å²) in [6, 6.07) is 2.24. The van der Waals surface area contributed by atoms with Crippen LogP contribution in [-0.4, -0.2) is 10.2 Å². The molecule has 1 heterocycles. The van der Waals surface area contributed by atoms with E-state index in [0.717, 1.165) is 12.1 Å². The fourth-order valence-corrected chi connectivity index (χ4v) is 1.14. The molecule has 2 aromatic rings. The number of nitrogens with one attached hydrogen (secondary N) is 1. The Bertz CT molecular complexity index is 565. The smallest absolute Gasteiger partial charge is 0.164 e. The molecule has 0 saturated heterocycles. The molecule has 80 valence electrons. The minimum Gasteiger partial charge on any atom is -0.396 e. The first-order valence-corrected chi connectivity index (χ1v) is 4.43. The van der Waals surface area contributed by atoms with Crippen LogP contribution < -0.4 is 5.73 Å². The summed E-state index contributed by atoms with van der Waals surface area (Å²) in [6.07, 6.45) is 2.98. The minimum absolute atomic E-state index is 0.127. The number of hydrogen-bond acceptors (Lipinski definition) is 2. The van der Waals surface area contributed by atoms with Gasteiger partial charge in [-0.05, 0) is 12.1 Å². The Morgan fingerprint density at radius 3 is 2.75 bits per heavy atom. The molecule has 1 aromatic carbocycles. The van der Waals surface area contributed by atoms with Crippen LogP contribution in [0.25, 0.3) is 0 Å². The standard InChI is InChI=1S/C11H7F2N3/c12-9-3-4-10(14)11(13)8(9)2-1-7-5-15-16-6-7/h3-6H,14H2,(H,15,16). The molecule has 3 N–H and O–H groups in total. The topological polar surface area (TPSA) is 54.7 Å². The van der Waals surface area contributed by atoms with Gasteiger partial charge in [0.25, 0.3) is 0 Å². The lowest BCUT2D eigenvalue weighted by atomic mass is 10.1. The summed E-state index contributed by atoms with van der Waals surface area (Å²) in [4.78, 5) is 0. The van der Waals surface area contributed by atoms with Crippen molar-refractivity contribution in [2.24, 2.45) is 0 Å². The van der Waals surface area contributed by atoms with E-state index >= 15 is 0 Å². The average molecular weight is 219 g/mol. The molecular formula is C11H7F2N3. The van der Waals surface area contributed by atoms with Gasteiger partial charge in [-0.15, -0.1) is 0 Å². The lowest BCUT2D eigenvalue weighted by Crippen LogP contribution is -1.96. The van der Waals surface area contributed by atoms with Crippen molar-refractivity contribution >= 4 is 5.69 Å². The van der Waals surface area contributed by atoms with Crippen molar-refractivity contribution < 1.29 is 8.78 Å². The average Bonchev–Trinajstić information content (AvgIpc) is 2.77. The van der Waals surface area contributed by atoms with E-state index < -0.39 is 11.6 Å². The maximum absolute atomic E-state index is 13.4. The molecule has 3 nitrogen and oxygen atoms in total. The Morgan fingerprint density at radius 2 is 2.06 bits per heavy atom. The van der Waals surface area contributed by atoms with Gasteiger partial charge in [0.1, 0.15) is 5.82 Å². The van der Waals surface area contributed by atoms with E-state index in [2.05, 4.69) is 22.0 Å². The van der Waals surface area contributed by atoms with Crippen molar-refractivity contribution in [2.45, 2.75) is 0 Å². The van der Waals surface area contributed by atoms with Gasteiger partial charge in [-0.25, -0.2) is 8.78 Å². The van der Waals surface area contributed by atoms with Crippen molar-refractivity contribution in [1.82, 2.24) is 10.2 Å². The maximum Gasteiger partial charge on any atom is 0.164 e. The lowest BCUT2D eigenvalue weighted by Gasteiger charge is -1.99. The summed E-state index contributed by atoms with van der Waals surface area (Å²) >= 11 is 0. The van der Waals surface area contributed by atoms with Gasteiger partial charge >= 0.3 is 0 Å². The monoisotopic (exact) mass is 219 g/mol. The van der Waals surface area contributed by atoms with Gasteiger partial charge in [0, 0.05) is 6.20 Å². The number of anilines is 1. The van der Waals surface area contributed by atoms with Gasteiger partial charge in [-0.2, -0.15) is 5.10 Å². The number of aromatic amines is 1. The molecule has 0 bridgehead atoms. The van der Waals surface area contributed by atoms with E-state index in [9.17, 15) is 8.78 Å². The Morgan fingerprint density at radius 1 is 1.25 bits per heavy atom. The molecule has 0 aliphatic carbocycles. The van der Waals surface area contributed by atoms with Crippen LogP contribution in [0.15, 0.2) is 24.5 Å². The summed E-state index contributed by atoms with van der Waals surface area (Å²) in [5, 5.41) is 6.20. The summed E-state index contributed by atoms with van der Waals surface area (Å²) in [5.41, 5.74) is 5.39. The highest BCUT2D eigenvalue weighted by Crippen LogP contribution is 2.17. The van der Waals surface area contributed by atoms with E-state index in [1.54, 1.807) is 0 Å². The van der Waals surface area contributed by atoms with Crippen LogP contribution >= 0.6 is 0 Å². The van der Waals surface area contributed by atoms with E-state index in [1.807, 2.05) is 0 Å². The van der Waals surface area contributed by atoms with Crippen molar-refractivity contribution in [1.29, 1.82) is 0 Å². The molecule has 0 saturated carbocycles. The molecule has 2 rings (SSSR count). The van der Waals surface area contributed by atoms with Crippen LogP contribution in [0.3, 0.4) is 0 Å². The summed E-state index contributed by atoms with van der Waals surface area (Å²) in [5.74, 6) is 3.38. The zero-order valence-electron chi connectivity index (χ0n) is 8.09. The van der Waals surface area contributed by atoms with E-state index in [1.165, 1.54) is 12.4 Å². The second-order valence-corrected chi connectivity index (χ2v) is 3.06. The van der Waals surface area contributed by atoms with Crippen molar-refractivity contribution in [3.63, 3.8) is 0 Å². The third kappa shape index (κ3) is 1.86. The zero-order valence-corrected chi connectivity index (χ0v) is 8.09. The number of nitrogens with zero attached hydrogens (tertiary/aromatic N) is 1. The SMILES string of the molecule is Nc1ccc(F)c(C#Cc2cn[nH]c2)c1F. The molecule has 0 radical (unpaired) electrons. The van der Waals surface area contributed by atoms with E-state index in [0.29, 0.717) is 5.56 Å². The predicted molar refractivity (Wildman–Crippen MR) is 55.3 cm³/mol. The number of benzene rings is 1. The third-order valence-electron chi connectivity index (χ3n) is 1.95. The summed E-state index contributed by atoms with van der Waals surface area (Å²) in [7, 11) is 0. The summed E-state index contributed by atoms with van der Waals surface area (Å²) in [6.45, 7) is 0. The van der Waals surface area contributed by atoms with Crippen molar-refractivity contribution in [2.75, 3.05) is 5.73 Å². The first-order valence-electron chi connectivity index (χ1n) is 4.43. The molecule has 5 heteroatoms. The van der Waals surface area contributed by atoms with Crippen LogP contribution in [-0.2, 0) is 0 Å². The molecule has 0 spiro atoms.